The highest BCUT2D eigenvalue weighted by atomic mass is 79.9. The Morgan fingerprint density at radius 1 is 1.21 bits per heavy atom. The highest BCUT2D eigenvalue weighted by Crippen LogP contribution is 2.21. The van der Waals surface area contributed by atoms with Crippen molar-refractivity contribution >= 4 is 33.0 Å². The second kappa shape index (κ2) is 7.77. The van der Waals surface area contributed by atoms with Gasteiger partial charge in [-0.15, -0.1) is 0 Å². The Hall–Kier alpha value is -2.63. The Balaban J connectivity index is 0.000000647. The zero-order valence-electron chi connectivity index (χ0n) is 12.6. The van der Waals surface area contributed by atoms with E-state index in [0.717, 1.165) is 5.56 Å². The van der Waals surface area contributed by atoms with E-state index < -0.39 is 5.82 Å². The molecule has 2 aromatic carbocycles. The third-order valence-electron chi connectivity index (χ3n) is 3.50. The Labute approximate surface area is 144 Å². The van der Waals surface area contributed by atoms with Crippen LogP contribution < -0.4 is 5.56 Å². The number of benzene rings is 2. The number of fused-ring (bicyclic) bond motifs is 1. The minimum atomic E-state index is -0.504. The van der Waals surface area contributed by atoms with Gasteiger partial charge in [0.1, 0.15) is 5.52 Å². The lowest BCUT2D eigenvalue weighted by Crippen LogP contribution is -2.24. The van der Waals surface area contributed by atoms with Crippen molar-refractivity contribution in [2.24, 2.45) is 0 Å². The van der Waals surface area contributed by atoms with E-state index in [4.69, 9.17) is 9.59 Å². The van der Waals surface area contributed by atoms with Crippen molar-refractivity contribution in [2.45, 2.75) is 13.0 Å². The van der Waals surface area contributed by atoms with E-state index in [1.54, 1.807) is 6.07 Å². The molecule has 0 fully saturated rings. The van der Waals surface area contributed by atoms with Crippen LogP contribution in [0.3, 0.4) is 0 Å². The molecule has 0 aliphatic rings. The summed E-state index contributed by atoms with van der Waals surface area (Å²) in [6.07, 6.45) is 1.65. The maximum atomic E-state index is 13.8. The summed E-state index contributed by atoms with van der Waals surface area (Å²) in [5.41, 5.74) is 0.840. The van der Waals surface area contributed by atoms with E-state index in [2.05, 4.69) is 20.9 Å². The monoisotopic (exact) mass is 390 g/mol. The lowest BCUT2D eigenvalue weighted by atomic mass is 10.1. The molecule has 24 heavy (non-hydrogen) atoms. The number of rotatable bonds is 2. The molecule has 1 unspecified atom stereocenters. The van der Waals surface area contributed by atoms with Gasteiger partial charge in [0.25, 0.3) is 5.56 Å². The predicted octanol–water partition coefficient (Wildman–Crippen LogP) is 3.32. The van der Waals surface area contributed by atoms with Gasteiger partial charge >= 0.3 is 6.15 Å². The molecule has 3 aromatic rings. The highest BCUT2D eigenvalue weighted by Gasteiger charge is 2.14. The molecule has 0 spiro atoms. The first-order valence-corrected chi connectivity index (χ1v) is 7.69. The van der Waals surface area contributed by atoms with Crippen LogP contribution in [0.25, 0.3) is 10.9 Å². The first kappa shape index (κ1) is 17.7. The van der Waals surface area contributed by atoms with Gasteiger partial charge in [-0.25, -0.2) is 9.37 Å². The summed E-state index contributed by atoms with van der Waals surface area (Å²) in [7, 11) is 0. The van der Waals surface area contributed by atoms with Crippen LogP contribution in [0.2, 0.25) is 0 Å². The van der Waals surface area contributed by atoms with Gasteiger partial charge in [0, 0.05) is 4.47 Å². The summed E-state index contributed by atoms with van der Waals surface area (Å²) >= 11 is 3.21. The van der Waals surface area contributed by atoms with Crippen LogP contribution in [0, 0.1) is 5.82 Å². The topological polar surface area (TPSA) is 69.0 Å². The maximum absolute atomic E-state index is 13.8. The summed E-state index contributed by atoms with van der Waals surface area (Å²) < 4.78 is 15.9. The van der Waals surface area contributed by atoms with Crippen molar-refractivity contribution in [1.82, 2.24) is 9.55 Å². The van der Waals surface area contributed by atoms with E-state index in [9.17, 15) is 9.18 Å². The quantitative estimate of drug-likeness (QED) is 0.672. The van der Waals surface area contributed by atoms with Crippen LogP contribution in [0.15, 0.2) is 58.1 Å². The molecule has 0 amide bonds. The van der Waals surface area contributed by atoms with Gasteiger partial charge < -0.3 is 0 Å². The molecular formula is C17H12BrFN2O3. The molecule has 0 bridgehead atoms. The van der Waals surface area contributed by atoms with Crippen LogP contribution in [0.1, 0.15) is 18.5 Å². The Morgan fingerprint density at radius 3 is 2.46 bits per heavy atom. The normalized spacial score (nSPS) is 11.3. The highest BCUT2D eigenvalue weighted by molar-refractivity contribution is 9.10. The van der Waals surface area contributed by atoms with Crippen molar-refractivity contribution in [1.29, 1.82) is 0 Å². The standard InChI is InChI=1S/C16H12BrFN2O.CO2/c1-10(11-5-3-2-4-6-11)20-9-19-15-13(16(20)21)7-12(17)8-14(15)18;2-1-3/h2-10H,1H3;. The van der Waals surface area contributed by atoms with Crippen molar-refractivity contribution in [3.63, 3.8) is 0 Å². The van der Waals surface area contributed by atoms with E-state index in [-0.39, 0.29) is 28.7 Å². The molecule has 0 aliphatic carbocycles. The molecule has 3 rings (SSSR count). The van der Waals surface area contributed by atoms with Gasteiger partial charge in [-0.2, -0.15) is 9.59 Å². The number of hydrogen-bond donors (Lipinski definition) is 0. The van der Waals surface area contributed by atoms with Crippen LogP contribution in [0.5, 0.6) is 0 Å². The molecule has 0 saturated heterocycles. The molecule has 0 aliphatic heterocycles. The third-order valence-corrected chi connectivity index (χ3v) is 3.96. The molecule has 0 saturated carbocycles. The summed E-state index contributed by atoms with van der Waals surface area (Å²) in [6.45, 7) is 1.92. The fraction of sp³-hybridized carbons (Fsp3) is 0.118. The summed E-state index contributed by atoms with van der Waals surface area (Å²) in [6, 6.07) is 12.4. The lowest BCUT2D eigenvalue weighted by Gasteiger charge is -2.15. The Morgan fingerprint density at radius 2 is 1.83 bits per heavy atom. The zero-order chi connectivity index (χ0) is 17.7. The second-order valence-corrected chi connectivity index (χ2v) is 5.83. The van der Waals surface area contributed by atoms with Crippen LogP contribution in [0.4, 0.5) is 4.39 Å². The van der Waals surface area contributed by atoms with Gasteiger partial charge in [0.05, 0.1) is 17.8 Å². The zero-order valence-corrected chi connectivity index (χ0v) is 14.2. The number of nitrogens with zero attached hydrogens (tertiary/aromatic N) is 2. The molecule has 0 radical (unpaired) electrons. The molecular weight excluding hydrogens is 379 g/mol. The largest absolute Gasteiger partial charge is 0.373 e. The van der Waals surface area contributed by atoms with Gasteiger partial charge in [0.2, 0.25) is 0 Å². The molecule has 0 N–H and O–H groups in total. The van der Waals surface area contributed by atoms with Crippen LogP contribution in [-0.4, -0.2) is 15.7 Å². The van der Waals surface area contributed by atoms with Gasteiger partial charge in [-0.05, 0) is 24.6 Å². The maximum Gasteiger partial charge on any atom is 0.373 e. The minimum Gasteiger partial charge on any atom is -0.291 e. The van der Waals surface area contributed by atoms with Crippen molar-refractivity contribution in [2.75, 3.05) is 0 Å². The summed E-state index contributed by atoms with van der Waals surface area (Å²) in [4.78, 5) is 32.9. The number of hydrogen-bond acceptors (Lipinski definition) is 4. The van der Waals surface area contributed by atoms with Gasteiger partial charge in [0.15, 0.2) is 5.82 Å². The molecule has 1 heterocycles. The molecule has 7 heteroatoms. The smallest absolute Gasteiger partial charge is 0.291 e. The SMILES string of the molecule is CC(c1ccccc1)n1cnc2c(F)cc(Br)cc2c1=O.O=C=O. The molecule has 5 nitrogen and oxygen atoms in total. The van der Waals surface area contributed by atoms with Gasteiger partial charge in [-0.3, -0.25) is 9.36 Å². The summed E-state index contributed by atoms with van der Waals surface area (Å²) in [5, 5.41) is 0.271. The number of carbonyl (C=O) groups excluding carboxylic acids is 2. The van der Waals surface area contributed by atoms with E-state index in [1.165, 1.54) is 17.0 Å². The van der Waals surface area contributed by atoms with E-state index >= 15 is 0 Å². The lowest BCUT2D eigenvalue weighted by molar-refractivity contribution is -0.191. The number of halogens is 2. The first-order chi connectivity index (χ1) is 11.5. The summed E-state index contributed by atoms with van der Waals surface area (Å²) in [5.74, 6) is -0.504. The predicted molar refractivity (Wildman–Crippen MR) is 88.9 cm³/mol. The molecule has 122 valence electrons. The third kappa shape index (κ3) is 3.64. The first-order valence-electron chi connectivity index (χ1n) is 6.89. The van der Waals surface area contributed by atoms with Crippen molar-refractivity contribution in [3.05, 3.63) is 75.0 Å². The second-order valence-electron chi connectivity index (χ2n) is 4.91. The fourth-order valence-corrected chi connectivity index (χ4v) is 2.77. The Kier molecular flexibility index (Phi) is 5.73. The molecule has 1 aromatic heterocycles. The van der Waals surface area contributed by atoms with Crippen LogP contribution in [-0.2, 0) is 9.59 Å². The van der Waals surface area contributed by atoms with E-state index in [1.807, 2.05) is 37.3 Å². The Bertz CT molecular complexity index is 951. The van der Waals surface area contributed by atoms with E-state index in [0.29, 0.717) is 4.47 Å². The van der Waals surface area contributed by atoms with Crippen LogP contribution >= 0.6 is 15.9 Å². The fourth-order valence-electron chi connectivity index (χ4n) is 2.34. The average molecular weight is 391 g/mol. The van der Waals surface area contributed by atoms with Crippen molar-refractivity contribution < 1.29 is 14.0 Å². The van der Waals surface area contributed by atoms with Gasteiger partial charge in [-0.1, -0.05) is 46.3 Å². The minimum absolute atomic E-state index is 0.0970. The van der Waals surface area contributed by atoms with Crippen molar-refractivity contribution in [3.8, 4) is 0 Å². The molecule has 1 atom stereocenters. The average Bonchev–Trinajstić information content (AvgIpc) is 2.57. The number of aromatic nitrogens is 2.